The highest BCUT2D eigenvalue weighted by Gasteiger charge is 2.07. The summed E-state index contributed by atoms with van der Waals surface area (Å²) in [5.41, 5.74) is 1.17. The standard InChI is InChI=1S/C15H20FNO3/c1-20-10-7-17(6-9-19)12-13-4-5-15(16)14(11-13)3-2-8-18/h4-5,11,18-19H,6-10,12H2,1H3. The molecule has 0 radical (unpaired) electrons. The van der Waals surface area contributed by atoms with Crippen molar-refractivity contribution in [3.63, 3.8) is 0 Å². The Labute approximate surface area is 118 Å². The molecule has 110 valence electrons. The summed E-state index contributed by atoms with van der Waals surface area (Å²) >= 11 is 0. The van der Waals surface area contributed by atoms with Crippen LogP contribution < -0.4 is 0 Å². The Hall–Kier alpha value is -1.45. The molecule has 0 unspecified atom stereocenters. The summed E-state index contributed by atoms with van der Waals surface area (Å²) in [6, 6.07) is 4.72. The molecule has 1 rings (SSSR count). The van der Waals surface area contributed by atoms with E-state index in [1.54, 1.807) is 19.2 Å². The molecule has 0 aliphatic heterocycles. The van der Waals surface area contributed by atoms with Gasteiger partial charge in [-0.3, -0.25) is 4.90 Å². The van der Waals surface area contributed by atoms with Gasteiger partial charge in [0.25, 0.3) is 0 Å². The molecule has 0 spiro atoms. The van der Waals surface area contributed by atoms with Gasteiger partial charge in [0.1, 0.15) is 12.4 Å². The minimum absolute atomic E-state index is 0.0576. The molecule has 0 amide bonds. The lowest BCUT2D eigenvalue weighted by atomic mass is 10.1. The van der Waals surface area contributed by atoms with Gasteiger partial charge in [-0.15, -0.1) is 0 Å². The topological polar surface area (TPSA) is 52.9 Å². The van der Waals surface area contributed by atoms with E-state index in [2.05, 4.69) is 11.8 Å². The predicted octanol–water partition coefficient (Wildman–Crippen LogP) is 0.610. The Bertz CT molecular complexity index is 468. The van der Waals surface area contributed by atoms with Gasteiger partial charge in [0, 0.05) is 26.7 Å². The normalized spacial score (nSPS) is 10.4. The lowest BCUT2D eigenvalue weighted by Gasteiger charge is -2.21. The van der Waals surface area contributed by atoms with Gasteiger partial charge >= 0.3 is 0 Å². The quantitative estimate of drug-likeness (QED) is 0.719. The van der Waals surface area contributed by atoms with Gasteiger partial charge in [-0.05, 0) is 17.7 Å². The molecule has 0 fully saturated rings. The Morgan fingerprint density at radius 1 is 1.30 bits per heavy atom. The predicted molar refractivity (Wildman–Crippen MR) is 74.6 cm³/mol. The molecular weight excluding hydrogens is 261 g/mol. The van der Waals surface area contributed by atoms with Crippen molar-refractivity contribution in [2.24, 2.45) is 0 Å². The first kappa shape index (κ1) is 16.6. The lowest BCUT2D eigenvalue weighted by molar-refractivity contribution is 0.127. The first-order valence-electron chi connectivity index (χ1n) is 6.41. The van der Waals surface area contributed by atoms with Crippen LogP contribution in [0.4, 0.5) is 4.39 Å². The van der Waals surface area contributed by atoms with Crippen molar-refractivity contribution in [3.8, 4) is 11.8 Å². The number of aliphatic hydroxyl groups is 2. The van der Waals surface area contributed by atoms with E-state index in [1.807, 2.05) is 4.90 Å². The summed E-state index contributed by atoms with van der Waals surface area (Å²) in [6.45, 7) is 2.12. The molecule has 0 atom stereocenters. The molecule has 2 N–H and O–H groups in total. The second kappa shape index (κ2) is 9.45. The average molecular weight is 281 g/mol. The zero-order chi connectivity index (χ0) is 14.8. The molecule has 4 nitrogen and oxygen atoms in total. The molecule has 0 bridgehead atoms. The van der Waals surface area contributed by atoms with Crippen LogP contribution in [0.5, 0.6) is 0 Å². The van der Waals surface area contributed by atoms with Crippen molar-refractivity contribution in [3.05, 3.63) is 35.1 Å². The largest absolute Gasteiger partial charge is 0.395 e. The van der Waals surface area contributed by atoms with E-state index >= 15 is 0 Å². The molecule has 0 heterocycles. The molecule has 5 heteroatoms. The minimum Gasteiger partial charge on any atom is -0.395 e. The van der Waals surface area contributed by atoms with E-state index < -0.39 is 5.82 Å². The fraction of sp³-hybridized carbons (Fsp3) is 0.467. The summed E-state index contributed by atoms with van der Waals surface area (Å²) in [5.74, 6) is 4.62. The van der Waals surface area contributed by atoms with Crippen molar-refractivity contribution in [2.75, 3.05) is 40.0 Å². The highest BCUT2D eigenvalue weighted by molar-refractivity contribution is 5.38. The number of nitrogens with zero attached hydrogens (tertiary/aromatic N) is 1. The molecule has 0 aliphatic carbocycles. The Morgan fingerprint density at radius 2 is 2.10 bits per heavy atom. The second-order valence-corrected chi connectivity index (χ2v) is 4.27. The van der Waals surface area contributed by atoms with Crippen LogP contribution in [0.1, 0.15) is 11.1 Å². The summed E-state index contributed by atoms with van der Waals surface area (Å²) in [4.78, 5) is 2.01. The number of hydrogen-bond acceptors (Lipinski definition) is 4. The number of ether oxygens (including phenoxy) is 1. The third-order valence-corrected chi connectivity index (χ3v) is 2.77. The first-order valence-corrected chi connectivity index (χ1v) is 6.41. The lowest BCUT2D eigenvalue weighted by Crippen LogP contribution is -2.29. The van der Waals surface area contributed by atoms with Crippen LogP contribution >= 0.6 is 0 Å². The van der Waals surface area contributed by atoms with E-state index in [0.717, 1.165) is 5.56 Å². The molecule has 0 saturated heterocycles. The maximum atomic E-state index is 13.5. The maximum absolute atomic E-state index is 13.5. The van der Waals surface area contributed by atoms with Crippen LogP contribution in [-0.4, -0.2) is 55.1 Å². The van der Waals surface area contributed by atoms with Gasteiger partial charge in [-0.25, -0.2) is 4.39 Å². The summed E-state index contributed by atoms with van der Waals surface area (Å²) in [6.07, 6.45) is 0. The van der Waals surface area contributed by atoms with Crippen LogP contribution in [-0.2, 0) is 11.3 Å². The van der Waals surface area contributed by atoms with Gasteiger partial charge in [0.15, 0.2) is 0 Å². The zero-order valence-electron chi connectivity index (χ0n) is 11.6. The van der Waals surface area contributed by atoms with Crippen molar-refractivity contribution < 1.29 is 19.3 Å². The van der Waals surface area contributed by atoms with Crippen LogP contribution in [0.25, 0.3) is 0 Å². The number of methoxy groups -OCH3 is 1. The minimum atomic E-state index is -0.403. The molecule has 20 heavy (non-hydrogen) atoms. The molecular formula is C15H20FNO3. The first-order chi connectivity index (χ1) is 9.71. The summed E-state index contributed by atoms with van der Waals surface area (Å²) in [5, 5.41) is 17.7. The fourth-order valence-electron chi connectivity index (χ4n) is 1.79. The summed E-state index contributed by atoms with van der Waals surface area (Å²) < 4.78 is 18.5. The van der Waals surface area contributed by atoms with E-state index in [1.165, 1.54) is 6.07 Å². The number of benzene rings is 1. The SMILES string of the molecule is COCCN(CCO)Cc1ccc(F)c(C#CCO)c1. The summed E-state index contributed by atoms with van der Waals surface area (Å²) in [7, 11) is 1.62. The second-order valence-electron chi connectivity index (χ2n) is 4.27. The zero-order valence-corrected chi connectivity index (χ0v) is 11.6. The third-order valence-electron chi connectivity index (χ3n) is 2.77. The van der Waals surface area contributed by atoms with Crippen LogP contribution in [0.3, 0.4) is 0 Å². The van der Waals surface area contributed by atoms with Crippen molar-refractivity contribution in [1.82, 2.24) is 4.90 Å². The van der Waals surface area contributed by atoms with Gasteiger partial charge in [-0.2, -0.15) is 0 Å². The number of halogens is 1. The van der Waals surface area contributed by atoms with Crippen molar-refractivity contribution in [2.45, 2.75) is 6.54 Å². The van der Waals surface area contributed by atoms with E-state index in [0.29, 0.717) is 26.2 Å². The smallest absolute Gasteiger partial charge is 0.138 e. The van der Waals surface area contributed by atoms with Gasteiger partial charge in [-0.1, -0.05) is 17.9 Å². The number of rotatable bonds is 7. The van der Waals surface area contributed by atoms with Crippen LogP contribution in [0.2, 0.25) is 0 Å². The van der Waals surface area contributed by atoms with Gasteiger partial charge < -0.3 is 14.9 Å². The molecule has 1 aromatic rings. The van der Waals surface area contributed by atoms with Gasteiger partial charge in [0.05, 0.1) is 18.8 Å². The Balaban J connectivity index is 2.78. The monoisotopic (exact) mass is 281 g/mol. The number of hydrogen-bond donors (Lipinski definition) is 2. The number of aliphatic hydroxyl groups excluding tert-OH is 2. The van der Waals surface area contributed by atoms with Gasteiger partial charge in [0.2, 0.25) is 0 Å². The molecule has 0 aliphatic rings. The highest BCUT2D eigenvalue weighted by Crippen LogP contribution is 2.11. The Morgan fingerprint density at radius 3 is 2.75 bits per heavy atom. The molecule has 0 saturated carbocycles. The van der Waals surface area contributed by atoms with Crippen molar-refractivity contribution in [1.29, 1.82) is 0 Å². The highest BCUT2D eigenvalue weighted by atomic mass is 19.1. The Kier molecular flexibility index (Phi) is 7.85. The average Bonchev–Trinajstić information content (AvgIpc) is 2.45. The maximum Gasteiger partial charge on any atom is 0.138 e. The van der Waals surface area contributed by atoms with Crippen LogP contribution in [0, 0.1) is 17.7 Å². The van der Waals surface area contributed by atoms with Crippen LogP contribution in [0.15, 0.2) is 18.2 Å². The molecule has 1 aromatic carbocycles. The van der Waals surface area contributed by atoms with Crippen molar-refractivity contribution >= 4 is 0 Å². The third kappa shape index (κ3) is 5.68. The van der Waals surface area contributed by atoms with E-state index in [9.17, 15) is 4.39 Å². The van der Waals surface area contributed by atoms with E-state index in [-0.39, 0.29) is 18.8 Å². The van der Waals surface area contributed by atoms with E-state index in [4.69, 9.17) is 14.9 Å². The fourth-order valence-corrected chi connectivity index (χ4v) is 1.79. The molecule has 0 aromatic heterocycles.